The number of rotatable bonds is 4. The quantitative estimate of drug-likeness (QED) is 0.860. The molecular weight excluding hydrogens is 272 g/mol. The monoisotopic (exact) mass is 294 g/mol. The van der Waals surface area contributed by atoms with Gasteiger partial charge in [0.15, 0.2) is 0 Å². The first-order valence-electron chi connectivity index (χ1n) is 6.97. The van der Waals surface area contributed by atoms with Crippen LogP contribution in [0.2, 0.25) is 0 Å². The molecule has 2 heterocycles. The lowest BCUT2D eigenvalue weighted by Gasteiger charge is -2.39. The number of anilines is 1. The van der Waals surface area contributed by atoms with E-state index in [9.17, 15) is 9.90 Å². The number of nitrogens with zero attached hydrogens (tertiary/aromatic N) is 4. The molecule has 7 nitrogen and oxygen atoms in total. The molecule has 1 aromatic heterocycles. The van der Waals surface area contributed by atoms with Gasteiger partial charge in [0.2, 0.25) is 11.8 Å². The molecule has 1 amide bonds. The lowest BCUT2D eigenvalue weighted by atomic mass is 9.89. The zero-order valence-corrected chi connectivity index (χ0v) is 12.7. The number of carbonyl (C=O) groups is 1. The van der Waals surface area contributed by atoms with Gasteiger partial charge in [-0.15, -0.1) is 0 Å². The fourth-order valence-electron chi connectivity index (χ4n) is 2.51. The van der Waals surface area contributed by atoms with Gasteiger partial charge in [-0.3, -0.25) is 4.79 Å². The highest BCUT2D eigenvalue weighted by atomic mass is 16.5. The van der Waals surface area contributed by atoms with Crippen LogP contribution in [0.15, 0.2) is 12.4 Å². The largest absolute Gasteiger partial charge is 0.481 e. The molecule has 7 heteroatoms. The first kappa shape index (κ1) is 15.5. The minimum Gasteiger partial charge on any atom is -0.481 e. The summed E-state index contributed by atoms with van der Waals surface area (Å²) in [6.07, 6.45) is 2.99. The number of β-amino-alcohol motifs (C(OH)–C–C–N with tert-alkyl or cyclic N) is 1. The molecule has 1 aliphatic heterocycles. The van der Waals surface area contributed by atoms with Crippen LogP contribution in [0.5, 0.6) is 5.88 Å². The molecule has 0 radical (unpaired) electrons. The van der Waals surface area contributed by atoms with Gasteiger partial charge in [0.05, 0.1) is 19.1 Å². The Balaban J connectivity index is 2.10. The smallest absolute Gasteiger partial charge is 0.225 e. The Labute approximate surface area is 124 Å². The predicted molar refractivity (Wildman–Crippen MR) is 78.3 cm³/mol. The van der Waals surface area contributed by atoms with Crippen molar-refractivity contribution >= 4 is 11.7 Å². The van der Waals surface area contributed by atoms with Gasteiger partial charge in [-0.25, -0.2) is 9.97 Å². The highest BCUT2D eigenvalue weighted by Crippen LogP contribution is 2.28. The SMILES string of the molecule is COc1cc(N2CCCC(O)(CC(=O)N(C)C)C2)ncn1. The Morgan fingerprint density at radius 1 is 1.52 bits per heavy atom. The Morgan fingerprint density at radius 2 is 2.29 bits per heavy atom. The van der Waals surface area contributed by atoms with Crippen LogP contribution >= 0.6 is 0 Å². The van der Waals surface area contributed by atoms with Gasteiger partial charge in [-0.2, -0.15) is 0 Å². The van der Waals surface area contributed by atoms with E-state index in [1.165, 1.54) is 11.2 Å². The summed E-state index contributed by atoms with van der Waals surface area (Å²) in [4.78, 5) is 23.5. The molecule has 1 unspecified atom stereocenters. The van der Waals surface area contributed by atoms with Gasteiger partial charge < -0.3 is 19.6 Å². The van der Waals surface area contributed by atoms with Crippen molar-refractivity contribution in [2.75, 3.05) is 39.2 Å². The van der Waals surface area contributed by atoms with Crippen molar-refractivity contribution in [3.05, 3.63) is 12.4 Å². The average Bonchev–Trinajstić information content (AvgIpc) is 2.46. The first-order valence-corrected chi connectivity index (χ1v) is 6.97. The van der Waals surface area contributed by atoms with E-state index in [1.54, 1.807) is 27.3 Å². The van der Waals surface area contributed by atoms with Gasteiger partial charge in [-0.1, -0.05) is 0 Å². The van der Waals surface area contributed by atoms with Gasteiger partial charge in [0.1, 0.15) is 12.1 Å². The standard InChI is InChI=1S/C14H22N4O3/c1-17(2)13(19)8-14(20)5-4-6-18(9-14)11-7-12(21-3)16-10-15-11/h7,10,20H,4-6,8-9H2,1-3H3. The molecular formula is C14H22N4O3. The molecule has 2 rings (SSSR count). The van der Waals surface area contributed by atoms with E-state index in [0.29, 0.717) is 24.7 Å². The summed E-state index contributed by atoms with van der Waals surface area (Å²) in [5.74, 6) is 1.12. The lowest BCUT2D eigenvalue weighted by Crippen LogP contribution is -2.50. The number of hydrogen-bond acceptors (Lipinski definition) is 6. The van der Waals surface area contributed by atoms with Crippen LogP contribution in [-0.4, -0.2) is 65.8 Å². The van der Waals surface area contributed by atoms with E-state index >= 15 is 0 Å². The zero-order chi connectivity index (χ0) is 15.5. The minimum absolute atomic E-state index is 0.0698. The fraction of sp³-hybridized carbons (Fsp3) is 0.643. The van der Waals surface area contributed by atoms with Gasteiger partial charge in [-0.05, 0) is 12.8 Å². The third-order valence-corrected chi connectivity index (χ3v) is 3.70. The van der Waals surface area contributed by atoms with Crippen molar-refractivity contribution in [1.82, 2.24) is 14.9 Å². The second-order valence-corrected chi connectivity index (χ2v) is 5.63. The Bertz CT molecular complexity index is 509. The molecule has 1 fully saturated rings. The van der Waals surface area contributed by atoms with Crippen molar-refractivity contribution in [1.29, 1.82) is 0 Å². The van der Waals surface area contributed by atoms with Crippen LogP contribution < -0.4 is 9.64 Å². The molecule has 116 valence electrons. The van der Waals surface area contributed by atoms with Gasteiger partial charge >= 0.3 is 0 Å². The van der Waals surface area contributed by atoms with E-state index in [4.69, 9.17) is 4.74 Å². The van der Waals surface area contributed by atoms with Crippen LogP contribution in [0.3, 0.4) is 0 Å². The van der Waals surface area contributed by atoms with E-state index in [2.05, 4.69) is 9.97 Å². The minimum atomic E-state index is -1.02. The molecule has 1 aromatic rings. The number of hydrogen-bond donors (Lipinski definition) is 1. The number of piperidine rings is 1. The maximum absolute atomic E-state index is 11.9. The molecule has 0 aromatic carbocycles. The lowest BCUT2D eigenvalue weighted by molar-refractivity contribution is -0.134. The zero-order valence-electron chi connectivity index (χ0n) is 12.7. The summed E-state index contributed by atoms with van der Waals surface area (Å²) in [5, 5.41) is 10.7. The molecule has 0 spiro atoms. The summed E-state index contributed by atoms with van der Waals surface area (Å²) >= 11 is 0. The molecule has 0 saturated carbocycles. The number of carbonyl (C=O) groups excluding carboxylic acids is 1. The normalized spacial score (nSPS) is 22.0. The topological polar surface area (TPSA) is 78.8 Å². The van der Waals surface area contributed by atoms with E-state index in [0.717, 1.165) is 13.0 Å². The van der Waals surface area contributed by atoms with Crippen LogP contribution in [-0.2, 0) is 4.79 Å². The summed E-state index contributed by atoms with van der Waals surface area (Å²) in [6.45, 7) is 1.17. The van der Waals surface area contributed by atoms with Gasteiger partial charge in [0.25, 0.3) is 0 Å². The summed E-state index contributed by atoms with van der Waals surface area (Å²) in [6, 6.07) is 1.74. The highest BCUT2D eigenvalue weighted by Gasteiger charge is 2.36. The Hall–Kier alpha value is -1.89. The second kappa shape index (κ2) is 6.26. The van der Waals surface area contributed by atoms with Crippen LogP contribution in [0, 0.1) is 0 Å². The number of amides is 1. The Kier molecular flexibility index (Phi) is 4.62. The molecule has 1 atom stereocenters. The van der Waals surface area contributed by atoms with Crippen molar-refractivity contribution in [3.63, 3.8) is 0 Å². The number of ether oxygens (including phenoxy) is 1. The Morgan fingerprint density at radius 3 is 2.95 bits per heavy atom. The van der Waals surface area contributed by atoms with Gasteiger partial charge in [0, 0.05) is 33.3 Å². The fourth-order valence-corrected chi connectivity index (χ4v) is 2.51. The number of methoxy groups -OCH3 is 1. The predicted octanol–water partition coefficient (Wildman–Crippen LogP) is 0.295. The van der Waals surface area contributed by atoms with Crippen molar-refractivity contribution in [2.45, 2.75) is 24.9 Å². The molecule has 1 saturated heterocycles. The second-order valence-electron chi connectivity index (χ2n) is 5.63. The van der Waals surface area contributed by atoms with Crippen LogP contribution in [0.4, 0.5) is 5.82 Å². The summed E-state index contributed by atoms with van der Waals surface area (Å²) in [5.41, 5.74) is -1.02. The molecule has 21 heavy (non-hydrogen) atoms. The number of aromatic nitrogens is 2. The van der Waals surface area contributed by atoms with Crippen molar-refractivity contribution in [2.24, 2.45) is 0 Å². The summed E-state index contributed by atoms with van der Waals surface area (Å²) < 4.78 is 5.09. The van der Waals surface area contributed by atoms with Crippen molar-refractivity contribution in [3.8, 4) is 5.88 Å². The van der Waals surface area contributed by atoms with Crippen LogP contribution in [0.25, 0.3) is 0 Å². The maximum atomic E-state index is 11.9. The van der Waals surface area contributed by atoms with E-state index in [1.807, 2.05) is 4.90 Å². The summed E-state index contributed by atoms with van der Waals surface area (Å²) in [7, 11) is 4.94. The van der Waals surface area contributed by atoms with E-state index < -0.39 is 5.60 Å². The maximum Gasteiger partial charge on any atom is 0.225 e. The van der Waals surface area contributed by atoms with E-state index in [-0.39, 0.29) is 12.3 Å². The third kappa shape index (κ3) is 3.81. The number of aliphatic hydroxyl groups is 1. The van der Waals surface area contributed by atoms with Crippen molar-refractivity contribution < 1.29 is 14.6 Å². The average molecular weight is 294 g/mol. The van der Waals surface area contributed by atoms with Crippen LogP contribution in [0.1, 0.15) is 19.3 Å². The third-order valence-electron chi connectivity index (χ3n) is 3.70. The molecule has 1 aliphatic rings. The molecule has 1 N–H and O–H groups in total. The molecule has 0 bridgehead atoms. The first-order chi connectivity index (χ1) is 9.93. The molecule has 0 aliphatic carbocycles. The highest BCUT2D eigenvalue weighted by molar-refractivity contribution is 5.76.